The van der Waals surface area contributed by atoms with Gasteiger partial charge >= 0.3 is 0 Å². The highest BCUT2D eigenvalue weighted by molar-refractivity contribution is 9.13. The van der Waals surface area contributed by atoms with Gasteiger partial charge in [-0.15, -0.1) is 0 Å². The van der Waals surface area contributed by atoms with Gasteiger partial charge in [0.2, 0.25) is 0 Å². The molecule has 25 heavy (non-hydrogen) atoms. The Morgan fingerprint density at radius 2 is 2.04 bits per heavy atom. The van der Waals surface area contributed by atoms with Crippen molar-refractivity contribution in [2.75, 3.05) is 12.4 Å². The summed E-state index contributed by atoms with van der Waals surface area (Å²) >= 11 is 6.57. The molecule has 7 heteroatoms. The Bertz CT molecular complexity index is 902. The van der Waals surface area contributed by atoms with E-state index in [0.717, 1.165) is 5.56 Å². The second-order valence-corrected chi connectivity index (χ2v) is 6.72. The number of carbonyl (C=O) groups excluding carboxylic acids is 1. The highest BCUT2D eigenvalue weighted by Crippen LogP contribution is 2.42. The number of hydrogen-bond acceptors (Lipinski definition) is 4. The number of benzene rings is 2. The highest BCUT2D eigenvalue weighted by atomic mass is 79.9. The summed E-state index contributed by atoms with van der Waals surface area (Å²) in [5.41, 5.74) is 2.03. The van der Waals surface area contributed by atoms with Crippen LogP contribution in [0, 0.1) is 18.3 Å². The number of ether oxygens (including phenoxy) is 1. The first-order chi connectivity index (χ1) is 11.9. The van der Waals surface area contributed by atoms with E-state index in [2.05, 4.69) is 37.2 Å². The van der Waals surface area contributed by atoms with Crippen molar-refractivity contribution >= 4 is 49.5 Å². The Morgan fingerprint density at radius 3 is 2.64 bits per heavy atom. The molecule has 2 rings (SSSR count). The van der Waals surface area contributed by atoms with Gasteiger partial charge in [0.15, 0.2) is 11.5 Å². The maximum absolute atomic E-state index is 12.4. The quantitative estimate of drug-likeness (QED) is 0.502. The van der Waals surface area contributed by atoms with Gasteiger partial charge in [-0.1, -0.05) is 12.1 Å². The van der Waals surface area contributed by atoms with E-state index in [1.807, 2.05) is 31.2 Å². The van der Waals surface area contributed by atoms with E-state index < -0.39 is 5.91 Å². The number of aromatic hydroxyl groups is 1. The number of nitrogens with one attached hydrogen (secondary N) is 1. The highest BCUT2D eigenvalue weighted by Gasteiger charge is 2.16. The molecule has 0 saturated heterocycles. The summed E-state index contributed by atoms with van der Waals surface area (Å²) in [6.07, 6.45) is 1.42. The number of hydrogen-bond donors (Lipinski definition) is 2. The third kappa shape index (κ3) is 4.41. The van der Waals surface area contributed by atoms with E-state index in [1.54, 1.807) is 6.07 Å². The molecule has 0 radical (unpaired) electrons. The summed E-state index contributed by atoms with van der Waals surface area (Å²) in [7, 11) is 1.42. The molecule has 0 aromatic heterocycles. The van der Waals surface area contributed by atoms with Crippen LogP contribution in [-0.2, 0) is 4.79 Å². The molecule has 2 aromatic carbocycles. The summed E-state index contributed by atoms with van der Waals surface area (Å²) in [6, 6.07) is 10.7. The van der Waals surface area contributed by atoms with Crippen molar-refractivity contribution in [2.24, 2.45) is 0 Å². The summed E-state index contributed by atoms with van der Waals surface area (Å²) in [5, 5.41) is 22.0. The fourth-order valence-electron chi connectivity index (χ4n) is 2.10. The summed E-state index contributed by atoms with van der Waals surface area (Å²) in [4.78, 5) is 12.4. The lowest BCUT2D eigenvalue weighted by Crippen LogP contribution is -2.13. The second kappa shape index (κ2) is 8.19. The number of halogens is 2. The van der Waals surface area contributed by atoms with Crippen molar-refractivity contribution in [1.29, 1.82) is 5.26 Å². The Balaban J connectivity index is 2.39. The van der Waals surface area contributed by atoms with Gasteiger partial charge in [0.1, 0.15) is 11.6 Å². The molecule has 2 aromatic rings. The molecule has 0 aliphatic heterocycles. The minimum absolute atomic E-state index is 0.0748. The third-order valence-corrected chi connectivity index (χ3v) is 5.49. The standard InChI is InChI=1S/C18H14Br2N2O3/c1-10-4-3-5-13(6-10)22-18(24)12(9-21)7-11-8-14(25-2)17(23)16(20)15(11)19/h3-8,23H,1-2H3,(H,22,24). The van der Waals surface area contributed by atoms with Gasteiger partial charge in [0, 0.05) is 10.2 Å². The molecule has 0 heterocycles. The van der Waals surface area contributed by atoms with Crippen LogP contribution in [0.2, 0.25) is 0 Å². The molecule has 0 aliphatic carbocycles. The second-order valence-electron chi connectivity index (χ2n) is 5.14. The van der Waals surface area contributed by atoms with E-state index in [9.17, 15) is 15.2 Å². The van der Waals surface area contributed by atoms with Crippen LogP contribution in [-0.4, -0.2) is 18.1 Å². The smallest absolute Gasteiger partial charge is 0.266 e. The molecule has 0 spiro atoms. The van der Waals surface area contributed by atoms with Gasteiger partial charge in [0.05, 0.1) is 11.6 Å². The Kier molecular flexibility index (Phi) is 6.23. The van der Waals surface area contributed by atoms with Gasteiger partial charge in [0.25, 0.3) is 5.91 Å². The van der Waals surface area contributed by atoms with Gasteiger partial charge in [-0.25, -0.2) is 0 Å². The monoisotopic (exact) mass is 464 g/mol. The Hall–Kier alpha value is -2.30. The first kappa shape index (κ1) is 19.0. The molecule has 0 saturated carbocycles. The molecule has 5 nitrogen and oxygen atoms in total. The van der Waals surface area contributed by atoms with Crippen molar-refractivity contribution in [3.8, 4) is 17.6 Å². The molecular weight excluding hydrogens is 452 g/mol. The number of amides is 1. The number of nitrogens with zero attached hydrogens (tertiary/aromatic N) is 1. The number of methoxy groups -OCH3 is 1. The zero-order valence-corrected chi connectivity index (χ0v) is 16.6. The largest absolute Gasteiger partial charge is 0.503 e. The molecule has 0 aliphatic rings. The summed E-state index contributed by atoms with van der Waals surface area (Å²) < 4.78 is 5.96. The number of anilines is 1. The average Bonchev–Trinajstić information content (AvgIpc) is 2.59. The fourth-order valence-corrected chi connectivity index (χ4v) is 2.94. The predicted octanol–water partition coefficient (Wildman–Crippen LogP) is 4.78. The van der Waals surface area contributed by atoms with E-state index in [4.69, 9.17) is 4.74 Å². The van der Waals surface area contributed by atoms with Crippen LogP contribution in [0.3, 0.4) is 0 Å². The van der Waals surface area contributed by atoms with Crippen LogP contribution in [0.25, 0.3) is 6.08 Å². The van der Waals surface area contributed by atoms with E-state index in [0.29, 0.717) is 20.2 Å². The van der Waals surface area contributed by atoms with Gasteiger partial charge in [-0.05, 0) is 74.2 Å². The molecule has 0 bridgehead atoms. The van der Waals surface area contributed by atoms with Crippen LogP contribution < -0.4 is 10.1 Å². The minimum Gasteiger partial charge on any atom is -0.503 e. The van der Waals surface area contributed by atoms with Crippen molar-refractivity contribution in [2.45, 2.75) is 6.92 Å². The number of rotatable bonds is 4. The predicted molar refractivity (Wildman–Crippen MR) is 103 cm³/mol. The molecule has 0 unspecified atom stereocenters. The normalized spacial score (nSPS) is 10.9. The van der Waals surface area contributed by atoms with E-state index in [1.165, 1.54) is 19.3 Å². The first-order valence-corrected chi connectivity index (χ1v) is 8.70. The van der Waals surface area contributed by atoms with Crippen LogP contribution >= 0.6 is 31.9 Å². The zero-order valence-electron chi connectivity index (χ0n) is 13.4. The topological polar surface area (TPSA) is 82.3 Å². The first-order valence-electron chi connectivity index (χ1n) is 7.12. The summed E-state index contributed by atoms with van der Waals surface area (Å²) in [5.74, 6) is -0.380. The number of phenols is 1. The summed E-state index contributed by atoms with van der Waals surface area (Å²) in [6.45, 7) is 1.91. The Morgan fingerprint density at radius 1 is 1.32 bits per heavy atom. The number of nitriles is 1. The molecular formula is C18H14Br2N2O3. The number of phenolic OH excluding ortho intramolecular Hbond substituents is 1. The zero-order chi connectivity index (χ0) is 18.6. The molecule has 2 N–H and O–H groups in total. The fraction of sp³-hybridized carbons (Fsp3) is 0.111. The van der Waals surface area contributed by atoms with E-state index >= 15 is 0 Å². The molecule has 128 valence electrons. The van der Waals surface area contributed by atoms with Crippen molar-refractivity contribution in [3.63, 3.8) is 0 Å². The number of carbonyl (C=O) groups is 1. The molecule has 1 amide bonds. The van der Waals surface area contributed by atoms with Gasteiger partial charge in [-0.3, -0.25) is 4.79 Å². The Labute approximate surface area is 162 Å². The SMILES string of the molecule is COc1cc(C=C(C#N)C(=O)Nc2cccc(C)c2)c(Br)c(Br)c1O. The van der Waals surface area contributed by atoms with Crippen LogP contribution in [0.15, 0.2) is 44.9 Å². The minimum atomic E-state index is -0.525. The van der Waals surface area contributed by atoms with Crippen molar-refractivity contribution in [3.05, 3.63) is 56.0 Å². The lowest BCUT2D eigenvalue weighted by Gasteiger charge is -2.10. The molecule has 0 atom stereocenters. The van der Waals surface area contributed by atoms with Crippen LogP contribution in [0.5, 0.6) is 11.5 Å². The maximum Gasteiger partial charge on any atom is 0.266 e. The lowest BCUT2D eigenvalue weighted by molar-refractivity contribution is -0.112. The molecule has 0 fully saturated rings. The lowest BCUT2D eigenvalue weighted by atomic mass is 10.1. The van der Waals surface area contributed by atoms with Crippen LogP contribution in [0.4, 0.5) is 5.69 Å². The van der Waals surface area contributed by atoms with Crippen molar-refractivity contribution in [1.82, 2.24) is 0 Å². The van der Waals surface area contributed by atoms with E-state index in [-0.39, 0.29) is 17.1 Å². The van der Waals surface area contributed by atoms with Crippen LogP contribution in [0.1, 0.15) is 11.1 Å². The number of aryl methyl sites for hydroxylation is 1. The van der Waals surface area contributed by atoms with Gasteiger partial charge in [-0.2, -0.15) is 5.26 Å². The maximum atomic E-state index is 12.4. The third-order valence-electron chi connectivity index (χ3n) is 3.33. The average molecular weight is 466 g/mol. The van der Waals surface area contributed by atoms with Gasteiger partial charge < -0.3 is 15.2 Å². The van der Waals surface area contributed by atoms with Crippen molar-refractivity contribution < 1.29 is 14.6 Å².